The van der Waals surface area contributed by atoms with E-state index in [9.17, 15) is 4.39 Å². The summed E-state index contributed by atoms with van der Waals surface area (Å²) in [6.45, 7) is 0.0605. The molecule has 2 rings (SSSR count). The van der Waals surface area contributed by atoms with Crippen molar-refractivity contribution in [2.75, 3.05) is 0 Å². The van der Waals surface area contributed by atoms with Gasteiger partial charge in [0.1, 0.15) is 5.82 Å². The van der Waals surface area contributed by atoms with E-state index in [-0.39, 0.29) is 12.4 Å². The second kappa shape index (κ2) is 5.84. The molecular weight excluding hydrogens is 235 g/mol. The first-order chi connectivity index (χ1) is 8.28. The zero-order valence-electron chi connectivity index (χ0n) is 9.27. The van der Waals surface area contributed by atoms with Crippen molar-refractivity contribution >= 4 is 11.8 Å². The van der Waals surface area contributed by atoms with Gasteiger partial charge in [0.2, 0.25) is 0 Å². The molecule has 1 nitrogen and oxygen atoms in total. The third-order valence-electron chi connectivity index (χ3n) is 2.40. The molecule has 3 heteroatoms. The number of aliphatic hydroxyl groups excluding tert-OH is 1. The van der Waals surface area contributed by atoms with Crippen LogP contribution < -0.4 is 0 Å². The van der Waals surface area contributed by atoms with Gasteiger partial charge in [0, 0.05) is 10.6 Å². The molecule has 0 amide bonds. The van der Waals surface area contributed by atoms with E-state index in [1.165, 1.54) is 12.1 Å². The van der Waals surface area contributed by atoms with Gasteiger partial charge in [-0.2, -0.15) is 0 Å². The zero-order valence-corrected chi connectivity index (χ0v) is 10.1. The van der Waals surface area contributed by atoms with Gasteiger partial charge in [-0.25, -0.2) is 4.39 Å². The Balaban J connectivity index is 1.99. The maximum Gasteiger partial charge on any atom is 0.123 e. The van der Waals surface area contributed by atoms with Crippen molar-refractivity contribution in [1.82, 2.24) is 0 Å². The largest absolute Gasteiger partial charge is 0.392 e. The molecule has 0 spiro atoms. The molecule has 0 aliphatic rings. The average Bonchev–Trinajstić information content (AvgIpc) is 2.38. The van der Waals surface area contributed by atoms with Crippen molar-refractivity contribution < 1.29 is 9.50 Å². The summed E-state index contributed by atoms with van der Waals surface area (Å²) in [6, 6.07) is 14.3. The highest BCUT2D eigenvalue weighted by atomic mass is 32.2. The van der Waals surface area contributed by atoms with Crippen LogP contribution in [0.3, 0.4) is 0 Å². The Morgan fingerprint density at radius 3 is 2.47 bits per heavy atom. The van der Waals surface area contributed by atoms with Crippen LogP contribution in [0.2, 0.25) is 0 Å². The maximum absolute atomic E-state index is 12.7. The van der Waals surface area contributed by atoms with E-state index in [0.29, 0.717) is 0 Å². The molecule has 0 aliphatic heterocycles. The molecule has 0 unspecified atom stereocenters. The van der Waals surface area contributed by atoms with Crippen molar-refractivity contribution in [3.05, 3.63) is 65.5 Å². The molecule has 88 valence electrons. The zero-order chi connectivity index (χ0) is 12.1. The van der Waals surface area contributed by atoms with Gasteiger partial charge in [0.05, 0.1) is 6.61 Å². The highest BCUT2D eigenvalue weighted by molar-refractivity contribution is 7.98. The van der Waals surface area contributed by atoms with E-state index in [2.05, 4.69) is 0 Å². The molecule has 2 aromatic rings. The van der Waals surface area contributed by atoms with Crippen molar-refractivity contribution in [2.24, 2.45) is 0 Å². The smallest absolute Gasteiger partial charge is 0.123 e. The Hall–Kier alpha value is -1.32. The molecule has 0 atom stereocenters. The molecule has 0 fully saturated rings. The standard InChI is InChI=1S/C14H13FOS/c15-13-6-4-11(5-7-13)10-17-14-3-1-2-12(8-14)9-16/h1-8,16H,9-10H2. The second-order valence-corrected chi connectivity index (χ2v) is 4.77. The van der Waals surface area contributed by atoms with Gasteiger partial charge in [0.25, 0.3) is 0 Å². The quantitative estimate of drug-likeness (QED) is 0.834. The summed E-state index contributed by atoms with van der Waals surface area (Å²) in [5.41, 5.74) is 2.00. The van der Waals surface area contributed by atoms with Gasteiger partial charge in [-0.15, -0.1) is 11.8 Å². The lowest BCUT2D eigenvalue weighted by Gasteiger charge is -2.03. The van der Waals surface area contributed by atoms with Crippen LogP contribution in [0.25, 0.3) is 0 Å². The molecule has 0 saturated carbocycles. The summed E-state index contributed by atoms with van der Waals surface area (Å²) >= 11 is 1.68. The van der Waals surface area contributed by atoms with Crippen LogP contribution in [-0.4, -0.2) is 5.11 Å². The van der Waals surface area contributed by atoms with Crippen molar-refractivity contribution in [3.8, 4) is 0 Å². The van der Waals surface area contributed by atoms with Crippen LogP contribution in [0.5, 0.6) is 0 Å². The van der Waals surface area contributed by atoms with Crippen LogP contribution in [0.15, 0.2) is 53.4 Å². The first kappa shape index (κ1) is 12.1. The number of aliphatic hydroxyl groups is 1. The van der Waals surface area contributed by atoms with Crippen LogP contribution in [0.1, 0.15) is 11.1 Å². The fourth-order valence-electron chi connectivity index (χ4n) is 1.48. The van der Waals surface area contributed by atoms with Crippen LogP contribution in [-0.2, 0) is 12.4 Å². The van der Waals surface area contributed by atoms with Gasteiger partial charge in [-0.3, -0.25) is 0 Å². The topological polar surface area (TPSA) is 20.2 Å². The summed E-state index contributed by atoms with van der Waals surface area (Å²) in [5.74, 6) is 0.593. The number of rotatable bonds is 4. The molecule has 2 aromatic carbocycles. The van der Waals surface area contributed by atoms with Gasteiger partial charge >= 0.3 is 0 Å². The minimum atomic E-state index is -0.207. The van der Waals surface area contributed by atoms with Crippen molar-refractivity contribution in [1.29, 1.82) is 0 Å². The highest BCUT2D eigenvalue weighted by Crippen LogP contribution is 2.23. The third kappa shape index (κ3) is 3.58. The van der Waals surface area contributed by atoms with E-state index >= 15 is 0 Å². The second-order valence-electron chi connectivity index (χ2n) is 3.72. The number of benzene rings is 2. The van der Waals surface area contributed by atoms with E-state index in [1.807, 2.05) is 24.3 Å². The van der Waals surface area contributed by atoms with E-state index in [4.69, 9.17) is 5.11 Å². The maximum atomic E-state index is 12.7. The van der Waals surface area contributed by atoms with Gasteiger partial charge in [-0.1, -0.05) is 24.3 Å². The first-order valence-electron chi connectivity index (χ1n) is 5.35. The van der Waals surface area contributed by atoms with Gasteiger partial charge < -0.3 is 5.11 Å². The van der Waals surface area contributed by atoms with E-state index < -0.39 is 0 Å². The number of halogens is 1. The molecule has 0 radical (unpaired) electrons. The number of hydrogen-bond acceptors (Lipinski definition) is 2. The Labute approximate surface area is 104 Å². The monoisotopic (exact) mass is 248 g/mol. The minimum absolute atomic E-state index is 0.0605. The SMILES string of the molecule is OCc1cccc(SCc2ccc(F)cc2)c1. The predicted molar refractivity (Wildman–Crippen MR) is 68.3 cm³/mol. The van der Waals surface area contributed by atoms with Crippen molar-refractivity contribution in [2.45, 2.75) is 17.3 Å². The third-order valence-corrected chi connectivity index (χ3v) is 3.46. The summed E-state index contributed by atoms with van der Waals surface area (Å²) in [5, 5.41) is 9.03. The Kier molecular flexibility index (Phi) is 4.18. The molecule has 0 aromatic heterocycles. The molecule has 0 saturated heterocycles. The minimum Gasteiger partial charge on any atom is -0.392 e. The summed E-state index contributed by atoms with van der Waals surface area (Å²) in [4.78, 5) is 1.11. The summed E-state index contributed by atoms with van der Waals surface area (Å²) in [7, 11) is 0. The lowest BCUT2D eigenvalue weighted by atomic mass is 10.2. The highest BCUT2D eigenvalue weighted by Gasteiger charge is 1.98. The Morgan fingerprint density at radius 2 is 1.76 bits per heavy atom. The van der Waals surface area contributed by atoms with Gasteiger partial charge in [0.15, 0.2) is 0 Å². The summed E-state index contributed by atoms with van der Waals surface area (Å²) < 4.78 is 12.7. The fraction of sp³-hybridized carbons (Fsp3) is 0.143. The normalized spacial score (nSPS) is 10.5. The predicted octanol–water partition coefficient (Wildman–Crippen LogP) is 3.61. The fourth-order valence-corrected chi connectivity index (χ4v) is 2.42. The lowest BCUT2D eigenvalue weighted by molar-refractivity contribution is 0.281. The van der Waals surface area contributed by atoms with Crippen LogP contribution >= 0.6 is 11.8 Å². The molecule has 0 aliphatic carbocycles. The molecular formula is C14H13FOS. The van der Waals surface area contributed by atoms with E-state index in [0.717, 1.165) is 21.8 Å². The lowest BCUT2D eigenvalue weighted by Crippen LogP contribution is -1.84. The molecule has 1 N–H and O–H groups in total. The van der Waals surface area contributed by atoms with Crippen LogP contribution in [0, 0.1) is 5.82 Å². The Morgan fingerprint density at radius 1 is 1.00 bits per heavy atom. The molecule has 0 bridgehead atoms. The number of thioether (sulfide) groups is 1. The average molecular weight is 248 g/mol. The number of hydrogen-bond donors (Lipinski definition) is 1. The van der Waals surface area contributed by atoms with Gasteiger partial charge in [-0.05, 0) is 35.4 Å². The van der Waals surface area contributed by atoms with Crippen molar-refractivity contribution in [3.63, 3.8) is 0 Å². The van der Waals surface area contributed by atoms with Crippen LogP contribution in [0.4, 0.5) is 4.39 Å². The molecule has 17 heavy (non-hydrogen) atoms. The molecule has 0 heterocycles. The summed E-state index contributed by atoms with van der Waals surface area (Å²) in [6.07, 6.45) is 0. The van der Waals surface area contributed by atoms with E-state index in [1.54, 1.807) is 23.9 Å². The first-order valence-corrected chi connectivity index (χ1v) is 6.33. The Bertz CT molecular complexity index is 482.